The first-order valence-electron chi connectivity index (χ1n) is 10.5. The van der Waals surface area contributed by atoms with Crippen LogP contribution in [0.15, 0.2) is 59.3 Å². The van der Waals surface area contributed by atoms with Gasteiger partial charge in [-0.1, -0.05) is 15.9 Å². The molecule has 3 atom stereocenters. The van der Waals surface area contributed by atoms with Crippen LogP contribution >= 0.6 is 15.9 Å². The van der Waals surface area contributed by atoms with Crippen LogP contribution in [0.3, 0.4) is 0 Å². The number of rotatable bonds is 8. The number of aliphatic hydroxyl groups excluding tert-OH is 1. The van der Waals surface area contributed by atoms with E-state index in [4.69, 9.17) is 14.2 Å². The van der Waals surface area contributed by atoms with Crippen molar-refractivity contribution in [3.63, 3.8) is 0 Å². The quantitative estimate of drug-likeness (QED) is 0.254. The Kier molecular flexibility index (Phi) is 6.89. The number of benzene rings is 2. The highest BCUT2D eigenvalue weighted by Crippen LogP contribution is 2.47. The summed E-state index contributed by atoms with van der Waals surface area (Å²) in [6.07, 6.45) is 1.24. The predicted molar refractivity (Wildman–Crippen MR) is 128 cm³/mol. The van der Waals surface area contributed by atoms with Crippen molar-refractivity contribution in [3.8, 4) is 5.75 Å². The molecule has 0 saturated heterocycles. The molecule has 180 valence electrons. The lowest BCUT2D eigenvalue weighted by molar-refractivity contribution is -0.385. The number of nitrogens with zero attached hydrogens (tertiary/aromatic N) is 3. The zero-order valence-electron chi connectivity index (χ0n) is 18.8. The van der Waals surface area contributed by atoms with E-state index in [1.165, 1.54) is 26.4 Å². The lowest BCUT2D eigenvalue weighted by atomic mass is 9.83. The third-order valence-electron chi connectivity index (χ3n) is 6.00. The number of nitro groups is 1. The lowest BCUT2D eigenvalue weighted by Crippen LogP contribution is -2.62. The van der Waals surface area contributed by atoms with Gasteiger partial charge in [0, 0.05) is 54.5 Å². The van der Waals surface area contributed by atoms with E-state index in [1.54, 1.807) is 25.4 Å². The van der Waals surface area contributed by atoms with Crippen LogP contribution in [-0.2, 0) is 16.0 Å². The Morgan fingerprint density at radius 1 is 1.29 bits per heavy atom. The first-order chi connectivity index (χ1) is 16.3. The molecule has 0 bridgehead atoms. The van der Waals surface area contributed by atoms with Gasteiger partial charge in [0.05, 0.1) is 17.5 Å². The molecule has 3 aromatic rings. The van der Waals surface area contributed by atoms with Crippen LogP contribution in [0.5, 0.6) is 5.75 Å². The SMILES string of the molecule is COC(OC)[C@@]1(C)Oc2ccc([N+](=O)[O-])cc2[C@H](N(Cc2ncc[nH]2)c2ccc(Br)cc2)[C@H]1O. The fourth-order valence-electron chi connectivity index (χ4n) is 4.37. The van der Waals surface area contributed by atoms with Crippen molar-refractivity contribution in [1.82, 2.24) is 9.97 Å². The van der Waals surface area contributed by atoms with Crippen LogP contribution < -0.4 is 9.64 Å². The Balaban J connectivity index is 1.92. The summed E-state index contributed by atoms with van der Waals surface area (Å²) in [7, 11) is 2.93. The summed E-state index contributed by atoms with van der Waals surface area (Å²) in [5.41, 5.74) is -0.183. The first kappa shape index (κ1) is 24.1. The normalized spacial score (nSPS) is 21.7. The van der Waals surface area contributed by atoms with Gasteiger partial charge in [-0.2, -0.15) is 0 Å². The highest BCUT2D eigenvalue weighted by molar-refractivity contribution is 9.10. The number of non-ortho nitro benzene ring substituents is 1. The number of aromatic nitrogens is 2. The lowest BCUT2D eigenvalue weighted by Gasteiger charge is -2.49. The number of imidazole rings is 1. The number of aromatic amines is 1. The Bertz CT molecular complexity index is 1140. The topological polar surface area (TPSA) is 123 Å². The van der Waals surface area contributed by atoms with Crippen LogP contribution in [0.4, 0.5) is 11.4 Å². The molecule has 0 radical (unpaired) electrons. The Morgan fingerprint density at radius 3 is 2.59 bits per heavy atom. The molecule has 2 heterocycles. The third-order valence-corrected chi connectivity index (χ3v) is 6.53. The van der Waals surface area contributed by atoms with Crippen molar-refractivity contribution in [2.45, 2.75) is 37.5 Å². The highest BCUT2D eigenvalue weighted by Gasteiger charge is 2.54. The van der Waals surface area contributed by atoms with Gasteiger partial charge in [-0.15, -0.1) is 0 Å². The number of halogens is 1. The van der Waals surface area contributed by atoms with Gasteiger partial charge >= 0.3 is 0 Å². The number of hydrogen-bond donors (Lipinski definition) is 2. The van der Waals surface area contributed by atoms with Gasteiger partial charge in [-0.05, 0) is 37.3 Å². The molecular formula is C23H25BrN4O6. The maximum Gasteiger partial charge on any atom is 0.270 e. The number of fused-ring (bicyclic) bond motifs is 1. The minimum absolute atomic E-state index is 0.105. The molecule has 0 spiro atoms. The molecule has 11 heteroatoms. The summed E-state index contributed by atoms with van der Waals surface area (Å²) in [6.45, 7) is 1.98. The Hall–Kier alpha value is -2.99. The Morgan fingerprint density at radius 2 is 2.00 bits per heavy atom. The van der Waals surface area contributed by atoms with E-state index in [0.717, 1.165) is 10.2 Å². The molecule has 1 aliphatic heterocycles. The monoisotopic (exact) mass is 532 g/mol. The molecule has 4 rings (SSSR count). The molecule has 0 amide bonds. The van der Waals surface area contributed by atoms with Gasteiger partial charge in [-0.3, -0.25) is 10.1 Å². The minimum atomic E-state index is -1.33. The van der Waals surface area contributed by atoms with E-state index in [9.17, 15) is 15.2 Å². The summed E-state index contributed by atoms with van der Waals surface area (Å²) in [5, 5.41) is 23.3. The number of methoxy groups -OCH3 is 2. The maximum absolute atomic E-state index is 11.8. The van der Waals surface area contributed by atoms with Crippen molar-refractivity contribution in [2.24, 2.45) is 0 Å². The molecule has 0 fully saturated rings. The largest absolute Gasteiger partial charge is 0.479 e. The van der Waals surface area contributed by atoms with Gasteiger partial charge in [0.15, 0.2) is 11.9 Å². The van der Waals surface area contributed by atoms with Crippen LogP contribution in [-0.4, -0.2) is 52.2 Å². The second-order valence-electron chi connectivity index (χ2n) is 8.10. The van der Waals surface area contributed by atoms with Crippen molar-refractivity contribution in [1.29, 1.82) is 0 Å². The molecule has 2 N–H and O–H groups in total. The van der Waals surface area contributed by atoms with Gasteiger partial charge in [0.2, 0.25) is 0 Å². The zero-order valence-corrected chi connectivity index (χ0v) is 20.4. The van der Waals surface area contributed by atoms with E-state index >= 15 is 0 Å². The molecule has 0 aliphatic carbocycles. The average molecular weight is 533 g/mol. The summed E-state index contributed by atoms with van der Waals surface area (Å²) in [4.78, 5) is 20.5. The number of ether oxygens (including phenoxy) is 3. The van der Waals surface area contributed by atoms with Crippen LogP contribution in [0.1, 0.15) is 24.4 Å². The molecule has 0 saturated carbocycles. The van der Waals surface area contributed by atoms with Gasteiger partial charge in [0.25, 0.3) is 5.69 Å². The molecule has 1 aromatic heterocycles. The third kappa shape index (κ3) is 4.39. The Labute approximate surface area is 204 Å². The van der Waals surface area contributed by atoms with Gasteiger partial charge in [0.1, 0.15) is 17.7 Å². The highest BCUT2D eigenvalue weighted by atomic mass is 79.9. The van der Waals surface area contributed by atoms with E-state index < -0.39 is 29.0 Å². The minimum Gasteiger partial charge on any atom is -0.479 e. The fourth-order valence-corrected chi connectivity index (χ4v) is 4.64. The number of H-pyrrole nitrogens is 1. The molecular weight excluding hydrogens is 508 g/mol. The summed E-state index contributed by atoms with van der Waals surface area (Å²) < 4.78 is 18.1. The molecule has 34 heavy (non-hydrogen) atoms. The van der Waals surface area contributed by atoms with Crippen molar-refractivity contribution in [3.05, 3.63) is 80.8 Å². The predicted octanol–water partition coefficient (Wildman–Crippen LogP) is 3.96. The number of aliphatic hydroxyl groups is 1. The molecule has 2 aromatic carbocycles. The first-order valence-corrected chi connectivity index (χ1v) is 11.3. The van der Waals surface area contributed by atoms with Crippen LogP contribution in [0.25, 0.3) is 0 Å². The zero-order chi connectivity index (χ0) is 24.5. The second kappa shape index (κ2) is 9.71. The van der Waals surface area contributed by atoms with Crippen molar-refractivity contribution >= 4 is 27.3 Å². The van der Waals surface area contributed by atoms with E-state index in [0.29, 0.717) is 23.7 Å². The second-order valence-corrected chi connectivity index (χ2v) is 9.01. The smallest absolute Gasteiger partial charge is 0.270 e. The summed E-state index contributed by atoms with van der Waals surface area (Å²) in [6, 6.07) is 11.2. The molecule has 0 unspecified atom stereocenters. The van der Waals surface area contributed by atoms with E-state index in [2.05, 4.69) is 25.9 Å². The van der Waals surface area contributed by atoms with E-state index in [-0.39, 0.29) is 5.69 Å². The van der Waals surface area contributed by atoms with Crippen LogP contribution in [0, 0.1) is 10.1 Å². The maximum atomic E-state index is 11.8. The number of hydrogen-bond acceptors (Lipinski definition) is 8. The number of nitrogens with one attached hydrogen (secondary N) is 1. The molecule has 1 aliphatic rings. The van der Waals surface area contributed by atoms with Crippen molar-refractivity contribution < 1.29 is 24.2 Å². The molecule has 10 nitrogen and oxygen atoms in total. The number of anilines is 1. The van der Waals surface area contributed by atoms with Gasteiger partial charge < -0.3 is 29.2 Å². The van der Waals surface area contributed by atoms with E-state index in [1.807, 2.05) is 29.2 Å². The standard InChI is InChI=1S/C23H25BrN4O6/c1-23(22(32-2)33-3)21(29)20(17-12-16(28(30)31)8-9-18(17)34-23)27(13-19-25-10-11-26-19)15-6-4-14(24)5-7-15/h4-12,20-22,29H,13H2,1-3H3,(H,25,26)/t20-,21+,23-/m0/s1. The average Bonchev–Trinajstić information content (AvgIpc) is 3.33. The summed E-state index contributed by atoms with van der Waals surface area (Å²) in [5.74, 6) is 1.05. The van der Waals surface area contributed by atoms with Crippen molar-refractivity contribution in [2.75, 3.05) is 19.1 Å². The summed E-state index contributed by atoms with van der Waals surface area (Å²) >= 11 is 3.46. The van der Waals surface area contributed by atoms with Gasteiger partial charge in [-0.25, -0.2) is 4.98 Å². The van der Waals surface area contributed by atoms with Crippen LogP contribution in [0.2, 0.25) is 0 Å². The fraction of sp³-hybridized carbons (Fsp3) is 0.348. The number of nitro benzene ring substituents is 1.